The van der Waals surface area contributed by atoms with Gasteiger partial charge in [-0.05, 0) is 6.42 Å². The second kappa shape index (κ2) is 6.55. The van der Waals surface area contributed by atoms with E-state index in [2.05, 4.69) is 10.3 Å². The molecular weight excluding hydrogens is 144 g/mol. The molecule has 0 atom stereocenters. The zero-order valence-electron chi connectivity index (χ0n) is 6.08. The Hall–Kier alpha value is -1.57. The van der Waals surface area contributed by atoms with Crippen LogP contribution in [0, 0.1) is 11.5 Å². The van der Waals surface area contributed by atoms with E-state index in [1.165, 1.54) is 6.19 Å². The Kier molecular flexibility index (Phi) is 5.61. The van der Waals surface area contributed by atoms with E-state index in [0.717, 1.165) is 6.29 Å². The molecule has 0 rings (SSSR count). The van der Waals surface area contributed by atoms with E-state index in [9.17, 15) is 4.79 Å². The minimum Gasteiger partial charge on any atom is -0.369 e. The van der Waals surface area contributed by atoms with Gasteiger partial charge in [0.25, 0.3) is 0 Å². The van der Waals surface area contributed by atoms with Gasteiger partial charge in [-0.3, -0.25) is 0 Å². The van der Waals surface area contributed by atoms with Gasteiger partial charge in [-0.2, -0.15) is 5.26 Å². The number of nitriles is 1. The van der Waals surface area contributed by atoms with Crippen LogP contribution in [0.4, 0.5) is 0 Å². The van der Waals surface area contributed by atoms with Gasteiger partial charge in [0.05, 0.1) is 0 Å². The van der Waals surface area contributed by atoms with E-state index in [-0.39, 0.29) is 5.96 Å². The molecule has 0 bridgehead atoms. The Morgan fingerprint density at radius 2 is 2.55 bits per heavy atom. The first-order valence-corrected chi connectivity index (χ1v) is 3.21. The summed E-state index contributed by atoms with van der Waals surface area (Å²) in [7, 11) is 0. The van der Waals surface area contributed by atoms with Crippen LogP contribution in [0.5, 0.6) is 0 Å². The third-order valence-corrected chi connectivity index (χ3v) is 0.975. The van der Waals surface area contributed by atoms with E-state index >= 15 is 0 Å². The van der Waals surface area contributed by atoms with Crippen molar-refractivity contribution in [2.45, 2.75) is 12.8 Å². The molecule has 0 heterocycles. The fourth-order valence-electron chi connectivity index (χ4n) is 0.495. The summed E-state index contributed by atoms with van der Waals surface area (Å²) in [6.07, 6.45) is 3.56. The zero-order valence-corrected chi connectivity index (χ0v) is 6.08. The standard InChI is InChI=1S/C6H10N4O/c7-5-10-6(8)9-3-1-2-4-11/h4H,1-3H2,(H3,8,9,10). The molecule has 5 nitrogen and oxygen atoms in total. The number of hydrogen-bond acceptors (Lipinski definition) is 3. The molecule has 0 saturated carbocycles. The molecule has 0 spiro atoms. The number of hydrogen-bond donors (Lipinski definition) is 2. The minimum atomic E-state index is 0.0957. The second-order valence-electron chi connectivity index (χ2n) is 1.83. The first-order valence-electron chi connectivity index (χ1n) is 3.21. The molecule has 0 aliphatic heterocycles. The number of unbranched alkanes of at least 4 members (excludes halogenated alkanes) is 1. The molecule has 0 amide bonds. The van der Waals surface area contributed by atoms with Crippen molar-refractivity contribution in [3.05, 3.63) is 0 Å². The van der Waals surface area contributed by atoms with Crippen LogP contribution in [0.1, 0.15) is 12.8 Å². The van der Waals surface area contributed by atoms with Crippen molar-refractivity contribution in [2.24, 2.45) is 10.7 Å². The molecule has 0 aromatic rings. The van der Waals surface area contributed by atoms with E-state index in [1.54, 1.807) is 0 Å². The Bertz CT molecular complexity index is 182. The summed E-state index contributed by atoms with van der Waals surface area (Å²) in [5.74, 6) is 0.0957. The van der Waals surface area contributed by atoms with Crippen LogP contribution in [0.15, 0.2) is 4.99 Å². The average Bonchev–Trinajstić information content (AvgIpc) is 1.99. The molecule has 0 aromatic heterocycles. The fourth-order valence-corrected chi connectivity index (χ4v) is 0.495. The van der Waals surface area contributed by atoms with Crippen molar-refractivity contribution in [3.8, 4) is 6.19 Å². The molecule has 3 N–H and O–H groups in total. The zero-order chi connectivity index (χ0) is 8.53. The van der Waals surface area contributed by atoms with Crippen molar-refractivity contribution in [1.29, 1.82) is 5.26 Å². The number of aliphatic imine (C=N–C) groups is 1. The SMILES string of the molecule is N#CN=C(N)NCCCC=O. The van der Waals surface area contributed by atoms with Crippen molar-refractivity contribution >= 4 is 12.2 Å². The van der Waals surface area contributed by atoms with Crippen molar-refractivity contribution in [2.75, 3.05) is 6.54 Å². The maximum atomic E-state index is 9.83. The molecule has 0 aromatic carbocycles. The van der Waals surface area contributed by atoms with Crippen molar-refractivity contribution < 1.29 is 4.79 Å². The molecule has 0 fully saturated rings. The predicted molar refractivity (Wildman–Crippen MR) is 40.5 cm³/mol. The summed E-state index contributed by atoms with van der Waals surface area (Å²) in [6.45, 7) is 0.565. The van der Waals surface area contributed by atoms with E-state index in [4.69, 9.17) is 11.0 Å². The highest BCUT2D eigenvalue weighted by Crippen LogP contribution is 1.79. The molecule has 60 valence electrons. The maximum Gasteiger partial charge on any atom is 0.209 e. The molecular formula is C6H10N4O. The molecule has 0 aliphatic rings. The molecule has 11 heavy (non-hydrogen) atoms. The fraction of sp³-hybridized carbons (Fsp3) is 0.500. The van der Waals surface area contributed by atoms with Gasteiger partial charge in [-0.1, -0.05) is 0 Å². The monoisotopic (exact) mass is 154 g/mol. The molecule has 0 saturated heterocycles. The lowest BCUT2D eigenvalue weighted by molar-refractivity contribution is -0.107. The first-order chi connectivity index (χ1) is 5.31. The van der Waals surface area contributed by atoms with Gasteiger partial charge in [-0.15, -0.1) is 4.99 Å². The summed E-state index contributed by atoms with van der Waals surface area (Å²) in [4.78, 5) is 13.1. The molecule has 0 radical (unpaired) electrons. The van der Waals surface area contributed by atoms with Gasteiger partial charge in [0.2, 0.25) is 12.2 Å². The number of nitrogens with zero attached hydrogens (tertiary/aromatic N) is 2. The van der Waals surface area contributed by atoms with Crippen molar-refractivity contribution in [1.82, 2.24) is 5.32 Å². The predicted octanol–water partition coefficient (Wildman–Crippen LogP) is -0.649. The van der Waals surface area contributed by atoms with Gasteiger partial charge >= 0.3 is 0 Å². The molecule has 0 unspecified atom stereocenters. The summed E-state index contributed by atoms with van der Waals surface area (Å²) in [5.41, 5.74) is 5.19. The number of nitrogens with one attached hydrogen (secondary N) is 1. The van der Waals surface area contributed by atoms with Crippen LogP contribution in [-0.2, 0) is 4.79 Å². The number of carbonyl (C=O) groups excluding carboxylic acids is 1. The van der Waals surface area contributed by atoms with Gasteiger partial charge in [-0.25, -0.2) is 0 Å². The van der Waals surface area contributed by atoms with Crippen LogP contribution in [-0.4, -0.2) is 18.8 Å². The largest absolute Gasteiger partial charge is 0.369 e. The highest BCUT2D eigenvalue weighted by Gasteiger charge is 1.88. The lowest BCUT2D eigenvalue weighted by Gasteiger charge is -1.99. The quantitative estimate of drug-likeness (QED) is 0.185. The molecule has 0 aliphatic carbocycles. The third-order valence-electron chi connectivity index (χ3n) is 0.975. The summed E-state index contributed by atoms with van der Waals surface area (Å²) >= 11 is 0. The number of nitrogens with two attached hydrogens (primary N) is 1. The van der Waals surface area contributed by atoms with Crippen LogP contribution in [0.25, 0.3) is 0 Å². The summed E-state index contributed by atoms with van der Waals surface area (Å²) in [5, 5.41) is 10.7. The van der Waals surface area contributed by atoms with E-state index in [0.29, 0.717) is 19.4 Å². The number of rotatable bonds is 4. The lowest BCUT2D eigenvalue weighted by atomic mass is 10.3. The average molecular weight is 154 g/mol. The lowest BCUT2D eigenvalue weighted by Crippen LogP contribution is -2.31. The van der Waals surface area contributed by atoms with Gasteiger partial charge in [0, 0.05) is 13.0 Å². The highest BCUT2D eigenvalue weighted by molar-refractivity contribution is 5.78. The highest BCUT2D eigenvalue weighted by atomic mass is 16.1. The van der Waals surface area contributed by atoms with Crippen LogP contribution in [0.2, 0.25) is 0 Å². The Labute approximate surface area is 64.9 Å². The smallest absolute Gasteiger partial charge is 0.209 e. The minimum absolute atomic E-state index is 0.0957. The second-order valence-corrected chi connectivity index (χ2v) is 1.83. The van der Waals surface area contributed by atoms with Gasteiger partial charge in [0.15, 0.2) is 0 Å². The topological polar surface area (TPSA) is 91.3 Å². The van der Waals surface area contributed by atoms with E-state index < -0.39 is 0 Å². The Morgan fingerprint density at radius 1 is 1.82 bits per heavy atom. The summed E-state index contributed by atoms with van der Waals surface area (Å²) in [6, 6.07) is 0. The van der Waals surface area contributed by atoms with Crippen LogP contribution in [0.3, 0.4) is 0 Å². The number of aldehydes is 1. The normalized spacial score (nSPS) is 10.3. The number of guanidine groups is 1. The van der Waals surface area contributed by atoms with E-state index in [1.807, 2.05) is 0 Å². The Balaban J connectivity index is 3.32. The van der Waals surface area contributed by atoms with Gasteiger partial charge in [0.1, 0.15) is 6.29 Å². The summed E-state index contributed by atoms with van der Waals surface area (Å²) < 4.78 is 0. The number of carbonyl (C=O) groups is 1. The van der Waals surface area contributed by atoms with Crippen LogP contribution >= 0.6 is 0 Å². The third kappa shape index (κ3) is 6.31. The van der Waals surface area contributed by atoms with Crippen LogP contribution < -0.4 is 11.1 Å². The molecule has 5 heteroatoms. The van der Waals surface area contributed by atoms with Gasteiger partial charge < -0.3 is 15.8 Å². The maximum absolute atomic E-state index is 9.83. The Morgan fingerprint density at radius 3 is 3.09 bits per heavy atom. The first kappa shape index (κ1) is 9.43. The van der Waals surface area contributed by atoms with Crippen molar-refractivity contribution in [3.63, 3.8) is 0 Å².